The monoisotopic (exact) mass is 626 g/mol. The van der Waals surface area contributed by atoms with E-state index < -0.39 is 33.5 Å². The second-order valence-electron chi connectivity index (χ2n) is 9.72. The number of anilines is 2. The molecule has 3 aromatic carbocycles. The molecule has 13 heteroatoms. The number of halogens is 4. The summed E-state index contributed by atoms with van der Waals surface area (Å²) < 4.78 is 74.9. The number of hydrogen-bond donors (Lipinski definition) is 2. The van der Waals surface area contributed by atoms with Crippen LogP contribution in [0, 0.1) is 0 Å². The number of carbonyl (C=O) groups is 1. The first-order valence-electron chi connectivity index (χ1n) is 12.2. The highest BCUT2D eigenvalue weighted by atomic mass is 35.5. The lowest BCUT2D eigenvalue weighted by Gasteiger charge is -2.28. The van der Waals surface area contributed by atoms with E-state index in [0.29, 0.717) is 37.8 Å². The molecule has 4 rings (SSSR count). The van der Waals surface area contributed by atoms with E-state index in [-0.39, 0.29) is 12.4 Å². The molecule has 1 amide bonds. The SMILES string of the molecule is CCOc1cc(OC(F)(F)F)cc(C(C)(C)c2cc(Cl)cc(NC(=O)c3cc4cc(NS(C)(=O)=O)ccc4s3)c2)c1. The average molecular weight is 627 g/mol. The molecule has 41 heavy (non-hydrogen) atoms. The van der Waals surface area contributed by atoms with Crippen LogP contribution < -0.4 is 19.5 Å². The van der Waals surface area contributed by atoms with Crippen LogP contribution in [-0.2, 0) is 15.4 Å². The largest absolute Gasteiger partial charge is 0.573 e. The first kappa shape index (κ1) is 30.5. The first-order valence-corrected chi connectivity index (χ1v) is 15.3. The molecule has 1 heterocycles. The predicted molar refractivity (Wildman–Crippen MR) is 156 cm³/mol. The van der Waals surface area contributed by atoms with Crippen LogP contribution in [0.1, 0.15) is 41.6 Å². The Morgan fingerprint density at radius 2 is 1.63 bits per heavy atom. The van der Waals surface area contributed by atoms with Crippen molar-refractivity contribution < 1.29 is 35.9 Å². The lowest BCUT2D eigenvalue weighted by Crippen LogP contribution is -2.21. The quantitative estimate of drug-likeness (QED) is 0.198. The van der Waals surface area contributed by atoms with Crippen LogP contribution >= 0.6 is 22.9 Å². The maximum absolute atomic E-state index is 13.1. The Morgan fingerprint density at radius 1 is 0.951 bits per heavy atom. The molecule has 218 valence electrons. The van der Waals surface area contributed by atoms with Gasteiger partial charge in [0.2, 0.25) is 10.0 Å². The number of benzene rings is 3. The van der Waals surface area contributed by atoms with Gasteiger partial charge in [-0.1, -0.05) is 25.4 Å². The lowest BCUT2D eigenvalue weighted by atomic mass is 9.78. The molecule has 0 fully saturated rings. The van der Waals surface area contributed by atoms with E-state index in [2.05, 4.69) is 14.8 Å². The summed E-state index contributed by atoms with van der Waals surface area (Å²) in [5, 5.41) is 3.83. The van der Waals surface area contributed by atoms with E-state index >= 15 is 0 Å². The summed E-state index contributed by atoms with van der Waals surface area (Å²) >= 11 is 7.64. The third-order valence-corrected chi connectivity index (χ3v) is 8.01. The molecule has 0 aliphatic rings. The Morgan fingerprint density at radius 3 is 2.29 bits per heavy atom. The minimum absolute atomic E-state index is 0.215. The molecule has 0 saturated carbocycles. The normalized spacial score (nSPS) is 12.3. The lowest BCUT2D eigenvalue weighted by molar-refractivity contribution is -0.274. The molecular formula is C28H26ClF3N2O5S2. The molecule has 0 atom stereocenters. The molecule has 0 bridgehead atoms. The van der Waals surface area contributed by atoms with Crippen LogP contribution in [0.5, 0.6) is 11.5 Å². The Kier molecular flexibility index (Phi) is 8.49. The highest BCUT2D eigenvalue weighted by Gasteiger charge is 2.33. The van der Waals surface area contributed by atoms with Crippen LogP contribution in [0.15, 0.2) is 60.7 Å². The van der Waals surface area contributed by atoms with Crippen molar-refractivity contribution in [2.75, 3.05) is 22.9 Å². The Balaban J connectivity index is 1.63. The van der Waals surface area contributed by atoms with Gasteiger partial charge < -0.3 is 14.8 Å². The minimum Gasteiger partial charge on any atom is -0.494 e. The summed E-state index contributed by atoms with van der Waals surface area (Å²) in [6, 6.07) is 15.6. The van der Waals surface area contributed by atoms with Crippen molar-refractivity contribution in [3.63, 3.8) is 0 Å². The maximum Gasteiger partial charge on any atom is 0.573 e. The van der Waals surface area contributed by atoms with Gasteiger partial charge in [-0.25, -0.2) is 8.42 Å². The number of hydrogen-bond acceptors (Lipinski definition) is 6. The molecule has 4 aromatic rings. The summed E-state index contributed by atoms with van der Waals surface area (Å²) in [5.74, 6) is -0.608. The van der Waals surface area contributed by atoms with E-state index in [9.17, 15) is 26.4 Å². The molecule has 7 nitrogen and oxygen atoms in total. The number of carbonyl (C=O) groups excluding carboxylic acids is 1. The maximum atomic E-state index is 13.1. The number of rotatable bonds is 9. The van der Waals surface area contributed by atoms with E-state index in [1.54, 1.807) is 69.3 Å². The Labute approximate surface area is 244 Å². The van der Waals surface area contributed by atoms with Crippen LogP contribution in [0.3, 0.4) is 0 Å². The van der Waals surface area contributed by atoms with Gasteiger partial charge in [0.25, 0.3) is 5.91 Å². The van der Waals surface area contributed by atoms with Gasteiger partial charge in [-0.15, -0.1) is 24.5 Å². The van der Waals surface area contributed by atoms with Gasteiger partial charge in [0.15, 0.2) is 0 Å². The fourth-order valence-electron chi connectivity index (χ4n) is 4.19. The number of ether oxygens (including phenoxy) is 2. The first-order chi connectivity index (χ1) is 19.0. The molecule has 0 unspecified atom stereocenters. The second-order valence-corrected chi connectivity index (χ2v) is 13.0. The third kappa shape index (κ3) is 7.84. The van der Waals surface area contributed by atoms with Crippen molar-refractivity contribution in [3.05, 3.63) is 81.7 Å². The molecule has 0 saturated heterocycles. The Bertz CT molecular complexity index is 1720. The van der Waals surface area contributed by atoms with E-state index in [0.717, 1.165) is 11.0 Å². The van der Waals surface area contributed by atoms with Crippen molar-refractivity contribution in [2.24, 2.45) is 0 Å². The summed E-state index contributed by atoms with van der Waals surface area (Å²) in [5.41, 5.74) is 0.991. The van der Waals surface area contributed by atoms with Gasteiger partial charge in [0, 0.05) is 32.6 Å². The zero-order valence-electron chi connectivity index (χ0n) is 22.4. The average Bonchev–Trinajstić information content (AvgIpc) is 3.25. The highest BCUT2D eigenvalue weighted by molar-refractivity contribution is 7.92. The van der Waals surface area contributed by atoms with Gasteiger partial charge in [0.1, 0.15) is 11.5 Å². The van der Waals surface area contributed by atoms with Crippen molar-refractivity contribution in [1.82, 2.24) is 0 Å². The number of amides is 1. The van der Waals surface area contributed by atoms with Crippen LogP contribution in [0.2, 0.25) is 5.02 Å². The summed E-state index contributed by atoms with van der Waals surface area (Å²) in [7, 11) is -3.45. The highest BCUT2D eigenvalue weighted by Crippen LogP contribution is 2.39. The summed E-state index contributed by atoms with van der Waals surface area (Å²) in [6.45, 7) is 5.58. The number of thiophene rings is 1. The van der Waals surface area contributed by atoms with Crippen LogP contribution in [0.4, 0.5) is 24.5 Å². The minimum atomic E-state index is -4.88. The molecule has 2 N–H and O–H groups in total. The van der Waals surface area contributed by atoms with E-state index in [1.165, 1.54) is 23.5 Å². The van der Waals surface area contributed by atoms with E-state index in [1.807, 2.05) is 0 Å². The summed E-state index contributed by atoms with van der Waals surface area (Å²) in [4.78, 5) is 13.5. The van der Waals surface area contributed by atoms with Crippen molar-refractivity contribution in [2.45, 2.75) is 32.5 Å². The number of fused-ring (bicyclic) bond motifs is 1. The van der Waals surface area contributed by atoms with Gasteiger partial charge in [-0.2, -0.15) is 0 Å². The third-order valence-electron chi connectivity index (χ3n) is 6.07. The molecule has 0 aliphatic carbocycles. The molecule has 0 aliphatic heterocycles. The Hall–Kier alpha value is -3.48. The van der Waals surface area contributed by atoms with Gasteiger partial charge in [-0.3, -0.25) is 9.52 Å². The zero-order valence-corrected chi connectivity index (χ0v) is 24.7. The van der Waals surface area contributed by atoms with Crippen LogP contribution in [0.25, 0.3) is 10.1 Å². The molecule has 0 radical (unpaired) electrons. The smallest absolute Gasteiger partial charge is 0.494 e. The fourth-order valence-corrected chi connectivity index (χ4v) is 5.92. The molecular weight excluding hydrogens is 601 g/mol. The van der Waals surface area contributed by atoms with Crippen LogP contribution in [-0.4, -0.2) is 33.5 Å². The predicted octanol–water partition coefficient (Wildman–Crippen LogP) is 7.80. The zero-order chi connectivity index (χ0) is 30.2. The van der Waals surface area contributed by atoms with Gasteiger partial charge in [-0.05, 0) is 78.0 Å². The topological polar surface area (TPSA) is 93.7 Å². The van der Waals surface area contributed by atoms with Crippen molar-refractivity contribution >= 4 is 60.3 Å². The van der Waals surface area contributed by atoms with E-state index in [4.69, 9.17) is 16.3 Å². The second kappa shape index (κ2) is 11.4. The van der Waals surface area contributed by atoms with Gasteiger partial charge >= 0.3 is 6.36 Å². The summed E-state index contributed by atoms with van der Waals surface area (Å²) in [6.07, 6.45) is -3.83. The standard InChI is InChI=1S/C28H26ClF3N2O5S2/c1-5-38-22-12-18(13-23(15-22)39-28(30,31)32)27(2,3)17-10-19(29)14-21(11-17)33-26(35)25-9-16-8-20(34-41(4,36)37)6-7-24(16)40-25/h6-15,34H,5H2,1-4H3,(H,33,35). The van der Waals surface area contributed by atoms with Crippen molar-refractivity contribution in [1.29, 1.82) is 0 Å². The van der Waals surface area contributed by atoms with Crippen molar-refractivity contribution in [3.8, 4) is 11.5 Å². The number of sulfonamides is 1. The fraction of sp³-hybridized carbons (Fsp3) is 0.250. The number of alkyl halides is 3. The molecule has 0 spiro atoms. The van der Waals surface area contributed by atoms with Gasteiger partial charge in [0.05, 0.1) is 17.7 Å². The molecule has 1 aromatic heterocycles. The number of nitrogens with one attached hydrogen (secondary N) is 2.